The van der Waals surface area contributed by atoms with Gasteiger partial charge in [0.15, 0.2) is 0 Å². The maximum atomic E-state index is 11.9. The molecule has 1 aliphatic rings. The first-order valence-corrected chi connectivity index (χ1v) is 6.18. The van der Waals surface area contributed by atoms with Crippen molar-refractivity contribution in [1.82, 2.24) is 5.32 Å². The highest BCUT2D eigenvalue weighted by Gasteiger charge is 2.42. The van der Waals surface area contributed by atoms with Crippen LogP contribution < -0.4 is 5.32 Å². The molecule has 2 amide bonds. The molecule has 1 aromatic carbocycles. The maximum absolute atomic E-state index is 11.9. The molecule has 1 heterocycles. The van der Waals surface area contributed by atoms with Crippen molar-refractivity contribution in [3.8, 4) is 0 Å². The lowest BCUT2D eigenvalue weighted by molar-refractivity contribution is -0.155. The van der Waals surface area contributed by atoms with Crippen LogP contribution in [0, 0.1) is 5.92 Å². The minimum absolute atomic E-state index is 0.110. The van der Waals surface area contributed by atoms with Crippen LogP contribution >= 0.6 is 0 Å². The number of benzene rings is 1. The quantitative estimate of drug-likeness (QED) is 0.500. The zero-order chi connectivity index (χ0) is 13.8. The van der Waals surface area contributed by atoms with Crippen LogP contribution in [0.2, 0.25) is 0 Å². The van der Waals surface area contributed by atoms with E-state index in [0.29, 0.717) is 0 Å². The maximum Gasteiger partial charge on any atom is 0.319 e. The van der Waals surface area contributed by atoms with E-state index in [1.165, 1.54) is 0 Å². The van der Waals surface area contributed by atoms with Gasteiger partial charge in [0.25, 0.3) is 0 Å². The Balaban J connectivity index is 2.32. The van der Waals surface area contributed by atoms with E-state index in [1.54, 1.807) is 6.92 Å². The van der Waals surface area contributed by atoms with Crippen LogP contribution in [-0.2, 0) is 19.1 Å². The zero-order valence-corrected chi connectivity index (χ0v) is 10.6. The van der Waals surface area contributed by atoms with Gasteiger partial charge < -0.3 is 4.74 Å². The number of carbonyl (C=O) groups excluding carboxylic acids is 3. The predicted molar refractivity (Wildman–Crippen MR) is 67.1 cm³/mol. The summed E-state index contributed by atoms with van der Waals surface area (Å²) in [5.41, 5.74) is 0.795. The van der Waals surface area contributed by atoms with E-state index < -0.39 is 23.7 Å². The van der Waals surface area contributed by atoms with Crippen LogP contribution in [0.1, 0.15) is 24.8 Å². The Labute approximate surface area is 110 Å². The molecule has 5 nitrogen and oxygen atoms in total. The molecule has 0 radical (unpaired) electrons. The second-order valence-corrected chi connectivity index (χ2v) is 4.36. The third-order valence-corrected chi connectivity index (χ3v) is 3.12. The van der Waals surface area contributed by atoms with E-state index in [-0.39, 0.29) is 18.9 Å². The largest absolute Gasteiger partial charge is 0.465 e. The molecular weight excluding hydrogens is 246 g/mol. The van der Waals surface area contributed by atoms with Crippen molar-refractivity contribution in [2.24, 2.45) is 5.92 Å². The number of imide groups is 1. The monoisotopic (exact) mass is 261 g/mol. The zero-order valence-electron chi connectivity index (χ0n) is 10.6. The molecule has 0 bridgehead atoms. The van der Waals surface area contributed by atoms with Crippen LogP contribution in [0.15, 0.2) is 30.3 Å². The molecule has 1 aromatic rings. The highest BCUT2D eigenvalue weighted by molar-refractivity contribution is 6.08. The number of nitrogens with one attached hydrogen (secondary N) is 1. The third-order valence-electron chi connectivity index (χ3n) is 3.12. The van der Waals surface area contributed by atoms with Gasteiger partial charge in [0.2, 0.25) is 11.8 Å². The number of amides is 2. The molecule has 0 spiro atoms. The Kier molecular flexibility index (Phi) is 3.94. The molecule has 2 unspecified atom stereocenters. The summed E-state index contributed by atoms with van der Waals surface area (Å²) in [6.45, 7) is 1.89. The molecule has 0 aromatic heterocycles. The van der Waals surface area contributed by atoms with Gasteiger partial charge in [0, 0.05) is 12.3 Å². The van der Waals surface area contributed by atoms with Gasteiger partial charge in [0.05, 0.1) is 6.61 Å². The third kappa shape index (κ3) is 2.81. The lowest BCUT2D eigenvalue weighted by Gasteiger charge is -2.28. The molecule has 1 fully saturated rings. The molecular formula is C14H15NO4. The minimum atomic E-state index is -0.958. The first kappa shape index (κ1) is 13.3. The van der Waals surface area contributed by atoms with Gasteiger partial charge >= 0.3 is 5.97 Å². The van der Waals surface area contributed by atoms with Gasteiger partial charge in [-0.3, -0.25) is 19.7 Å². The summed E-state index contributed by atoms with van der Waals surface area (Å²) in [6.07, 6.45) is 0.110. The van der Waals surface area contributed by atoms with Gasteiger partial charge in [-0.2, -0.15) is 0 Å². The second kappa shape index (κ2) is 5.65. The molecule has 5 heteroatoms. The molecule has 1 aliphatic heterocycles. The first-order valence-electron chi connectivity index (χ1n) is 6.18. The van der Waals surface area contributed by atoms with Crippen molar-refractivity contribution < 1.29 is 19.1 Å². The van der Waals surface area contributed by atoms with E-state index in [9.17, 15) is 14.4 Å². The summed E-state index contributed by atoms with van der Waals surface area (Å²) >= 11 is 0. The van der Waals surface area contributed by atoms with Crippen molar-refractivity contribution in [2.75, 3.05) is 6.61 Å². The lowest BCUT2D eigenvalue weighted by Crippen LogP contribution is -2.48. The van der Waals surface area contributed by atoms with E-state index in [0.717, 1.165) is 5.56 Å². The Morgan fingerprint density at radius 3 is 2.63 bits per heavy atom. The molecule has 100 valence electrons. The van der Waals surface area contributed by atoms with E-state index >= 15 is 0 Å². The number of hydrogen-bond donors (Lipinski definition) is 1. The smallest absolute Gasteiger partial charge is 0.319 e. The molecule has 2 atom stereocenters. The summed E-state index contributed by atoms with van der Waals surface area (Å²) in [7, 11) is 0. The Hall–Kier alpha value is -2.17. The summed E-state index contributed by atoms with van der Waals surface area (Å²) in [6, 6.07) is 9.09. The fourth-order valence-corrected chi connectivity index (χ4v) is 2.28. The van der Waals surface area contributed by atoms with Crippen molar-refractivity contribution in [1.29, 1.82) is 0 Å². The predicted octanol–water partition coefficient (Wildman–Crippen LogP) is 0.996. The summed E-state index contributed by atoms with van der Waals surface area (Å²) in [4.78, 5) is 35.3. The number of hydrogen-bond acceptors (Lipinski definition) is 4. The standard InChI is InChI=1S/C14H15NO4/c1-2-19-14(18)12-10(8-11(16)15-13(12)17)9-6-4-3-5-7-9/h3-7,10,12H,2,8H2,1H3,(H,15,16,17). The number of rotatable bonds is 3. The Morgan fingerprint density at radius 1 is 1.32 bits per heavy atom. The normalized spacial score (nSPS) is 22.8. The second-order valence-electron chi connectivity index (χ2n) is 4.36. The van der Waals surface area contributed by atoms with Crippen LogP contribution in [-0.4, -0.2) is 24.4 Å². The summed E-state index contributed by atoms with van der Waals surface area (Å²) in [5, 5.41) is 2.19. The van der Waals surface area contributed by atoms with Crippen molar-refractivity contribution in [3.05, 3.63) is 35.9 Å². The number of carbonyl (C=O) groups is 3. The fraction of sp³-hybridized carbons (Fsp3) is 0.357. The molecule has 0 saturated carbocycles. The van der Waals surface area contributed by atoms with Crippen LogP contribution in [0.4, 0.5) is 0 Å². The van der Waals surface area contributed by atoms with Crippen molar-refractivity contribution in [3.63, 3.8) is 0 Å². The van der Waals surface area contributed by atoms with Gasteiger partial charge in [-0.1, -0.05) is 30.3 Å². The SMILES string of the molecule is CCOC(=O)C1C(=O)NC(=O)CC1c1ccccc1. The van der Waals surface area contributed by atoms with E-state index in [1.807, 2.05) is 30.3 Å². The van der Waals surface area contributed by atoms with Crippen LogP contribution in [0.5, 0.6) is 0 Å². The number of piperidine rings is 1. The lowest BCUT2D eigenvalue weighted by atomic mass is 9.80. The Bertz CT molecular complexity index is 497. The molecule has 1 saturated heterocycles. The molecule has 19 heavy (non-hydrogen) atoms. The van der Waals surface area contributed by atoms with Gasteiger partial charge in [-0.15, -0.1) is 0 Å². The molecule has 1 N–H and O–H groups in total. The van der Waals surface area contributed by atoms with E-state index in [4.69, 9.17) is 4.74 Å². The number of esters is 1. The minimum Gasteiger partial charge on any atom is -0.465 e. The number of ether oxygens (including phenoxy) is 1. The van der Waals surface area contributed by atoms with Gasteiger partial charge in [-0.05, 0) is 12.5 Å². The van der Waals surface area contributed by atoms with Crippen molar-refractivity contribution in [2.45, 2.75) is 19.3 Å². The highest BCUT2D eigenvalue weighted by atomic mass is 16.5. The van der Waals surface area contributed by atoms with Crippen molar-refractivity contribution >= 4 is 17.8 Å². The van der Waals surface area contributed by atoms with Crippen LogP contribution in [0.25, 0.3) is 0 Å². The van der Waals surface area contributed by atoms with Gasteiger partial charge in [0.1, 0.15) is 5.92 Å². The van der Waals surface area contributed by atoms with Gasteiger partial charge in [-0.25, -0.2) is 0 Å². The Morgan fingerprint density at radius 2 is 2.00 bits per heavy atom. The molecule has 2 rings (SSSR count). The molecule has 0 aliphatic carbocycles. The van der Waals surface area contributed by atoms with Crippen LogP contribution in [0.3, 0.4) is 0 Å². The average Bonchev–Trinajstić information content (AvgIpc) is 2.39. The highest BCUT2D eigenvalue weighted by Crippen LogP contribution is 2.32. The summed E-state index contributed by atoms with van der Waals surface area (Å²) < 4.78 is 4.93. The summed E-state index contributed by atoms with van der Waals surface area (Å²) in [5.74, 6) is -2.94. The topological polar surface area (TPSA) is 72.5 Å². The van der Waals surface area contributed by atoms with E-state index in [2.05, 4.69) is 5.32 Å². The average molecular weight is 261 g/mol. The first-order chi connectivity index (χ1) is 9.13. The fourth-order valence-electron chi connectivity index (χ4n) is 2.28.